The molecule has 2 amide bonds. The van der Waals surface area contributed by atoms with E-state index in [4.69, 9.17) is 19.0 Å². The van der Waals surface area contributed by atoms with Crippen molar-refractivity contribution in [1.29, 1.82) is 0 Å². The third-order valence-electron chi connectivity index (χ3n) is 11.4. The highest BCUT2D eigenvalue weighted by molar-refractivity contribution is 8.06. The zero-order chi connectivity index (χ0) is 45.7. The SMILES string of the molecule is CO/N=C(\C(=O)NC1C(=O)N2C(C(=O)OC(c3ccccc3)c3ccccc3)=C(Sc3nc4ccccc4o3)CS[C@@H]12)c1csc(NC(c2ccccc2)(c2ccccc2)c2ccccc2)n1. The van der Waals surface area contributed by atoms with Gasteiger partial charge in [0.2, 0.25) is 0 Å². The summed E-state index contributed by atoms with van der Waals surface area (Å²) in [5.74, 6) is -1.59. The molecule has 2 aromatic heterocycles. The van der Waals surface area contributed by atoms with E-state index in [0.717, 1.165) is 39.6 Å². The van der Waals surface area contributed by atoms with Gasteiger partial charge in [-0.15, -0.1) is 23.1 Å². The number of thiazole rings is 1. The fraction of sp³-hybridized carbons (Fsp3) is 0.115. The predicted molar refractivity (Wildman–Crippen MR) is 261 cm³/mol. The van der Waals surface area contributed by atoms with Crippen molar-refractivity contribution in [2.75, 3.05) is 18.2 Å². The Bertz CT molecular complexity index is 2950. The van der Waals surface area contributed by atoms with Gasteiger partial charge in [-0.1, -0.05) is 169 Å². The number of thioether (sulfide) groups is 2. The average molecular weight is 941 g/mol. The van der Waals surface area contributed by atoms with Crippen molar-refractivity contribution in [1.82, 2.24) is 20.2 Å². The summed E-state index contributed by atoms with van der Waals surface area (Å²) < 4.78 is 12.4. The molecule has 0 radical (unpaired) electrons. The molecule has 4 heterocycles. The minimum atomic E-state index is -1.02. The molecule has 2 aliphatic heterocycles. The van der Waals surface area contributed by atoms with Crippen LogP contribution in [0.3, 0.4) is 0 Å². The van der Waals surface area contributed by atoms with Gasteiger partial charge in [-0.05, 0) is 51.7 Å². The number of hydrogen-bond acceptors (Lipinski definition) is 13. The van der Waals surface area contributed by atoms with E-state index in [-0.39, 0.29) is 17.1 Å². The first-order valence-corrected chi connectivity index (χ1v) is 24.0. The number of nitrogens with zero attached hydrogens (tertiary/aromatic N) is 4. The van der Waals surface area contributed by atoms with Crippen LogP contribution in [0.1, 0.15) is 39.6 Å². The van der Waals surface area contributed by atoms with E-state index < -0.39 is 40.8 Å². The monoisotopic (exact) mass is 940 g/mol. The Morgan fingerprint density at radius 1 is 0.776 bits per heavy atom. The van der Waals surface area contributed by atoms with Crippen molar-refractivity contribution in [2.45, 2.75) is 28.3 Å². The molecular weight excluding hydrogens is 901 g/mol. The lowest BCUT2D eigenvalue weighted by Crippen LogP contribution is -2.71. The van der Waals surface area contributed by atoms with Gasteiger partial charge in [-0.2, -0.15) is 0 Å². The number of nitrogens with one attached hydrogen (secondary N) is 2. The second kappa shape index (κ2) is 19.2. The van der Waals surface area contributed by atoms with Crippen molar-refractivity contribution in [3.05, 3.63) is 225 Å². The number of amides is 2. The molecule has 67 heavy (non-hydrogen) atoms. The third-order valence-corrected chi connectivity index (χ3v) is 14.5. The van der Waals surface area contributed by atoms with Crippen molar-refractivity contribution in [3.63, 3.8) is 0 Å². The van der Waals surface area contributed by atoms with Crippen LogP contribution in [0.4, 0.5) is 5.13 Å². The Morgan fingerprint density at radius 2 is 1.33 bits per heavy atom. The van der Waals surface area contributed by atoms with Crippen molar-refractivity contribution >= 4 is 74.6 Å². The van der Waals surface area contributed by atoms with Gasteiger partial charge in [0.1, 0.15) is 41.0 Å². The molecule has 2 atom stereocenters. The summed E-state index contributed by atoms with van der Waals surface area (Å²) in [6.45, 7) is 0. The van der Waals surface area contributed by atoms with Gasteiger partial charge in [0.25, 0.3) is 17.0 Å². The number of para-hydroxylation sites is 2. The van der Waals surface area contributed by atoms with Crippen molar-refractivity contribution in [3.8, 4) is 0 Å². The van der Waals surface area contributed by atoms with Gasteiger partial charge in [0.05, 0.1) is 0 Å². The number of anilines is 1. The molecule has 2 aliphatic rings. The van der Waals surface area contributed by atoms with Gasteiger partial charge in [0.15, 0.2) is 22.5 Å². The van der Waals surface area contributed by atoms with Crippen LogP contribution in [0.25, 0.3) is 11.1 Å². The van der Waals surface area contributed by atoms with E-state index in [1.165, 1.54) is 35.1 Å². The normalized spacial score (nSPS) is 16.1. The number of benzene rings is 6. The minimum Gasteiger partial charge on any atom is -0.448 e. The second-order valence-electron chi connectivity index (χ2n) is 15.4. The maximum Gasteiger partial charge on any atom is 0.356 e. The van der Waals surface area contributed by atoms with Crippen LogP contribution in [0.2, 0.25) is 0 Å². The van der Waals surface area contributed by atoms with Crippen molar-refractivity contribution in [2.24, 2.45) is 5.16 Å². The maximum atomic E-state index is 14.7. The topological polar surface area (TPSA) is 148 Å². The first-order valence-electron chi connectivity index (χ1n) is 21.3. The number of oxazole rings is 1. The highest BCUT2D eigenvalue weighted by Gasteiger charge is 2.55. The molecule has 332 valence electrons. The van der Waals surface area contributed by atoms with Crippen LogP contribution >= 0.6 is 34.9 Å². The van der Waals surface area contributed by atoms with Gasteiger partial charge in [-0.3, -0.25) is 14.5 Å². The Kier molecular flexibility index (Phi) is 12.4. The summed E-state index contributed by atoms with van der Waals surface area (Å²) >= 11 is 3.87. The lowest BCUT2D eigenvalue weighted by atomic mass is 9.77. The molecule has 0 aliphatic carbocycles. The average Bonchev–Trinajstić information content (AvgIpc) is 4.03. The van der Waals surface area contributed by atoms with Crippen LogP contribution in [0.15, 0.2) is 207 Å². The number of hydrogen-bond donors (Lipinski definition) is 2. The number of rotatable bonds is 15. The molecule has 8 aromatic rings. The van der Waals surface area contributed by atoms with Crippen molar-refractivity contribution < 1.29 is 28.4 Å². The fourth-order valence-corrected chi connectivity index (χ4v) is 11.4. The summed E-state index contributed by atoms with van der Waals surface area (Å²) in [6, 6.07) is 55.5. The standard InChI is InChI=1S/C52H40N6O6S3/c1-62-57-42(39-31-66-50(53-39)56-52(35-23-11-4-12-24-35,36-25-13-5-14-26-36)37-27-15-6-16-28-37)46(59)55-43-47(60)58-44(41(32-65-48(43)58)67-51-54-38-29-17-18-30-40(38)63-51)49(61)64-45(33-19-7-2-8-20-33)34-21-9-3-10-22-34/h2-31,43,45,48H,32H2,1H3,(H,53,56)(H,55,59)/b57-42-/t43?,48-/m0/s1. The molecular formula is C52H40N6O6S3. The van der Waals surface area contributed by atoms with E-state index in [1.54, 1.807) is 5.38 Å². The number of oxime groups is 1. The van der Waals surface area contributed by atoms with Crippen LogP contribution in [0.5, 0.6) is 0 Å². The molecule has 15 heteroatoms. The first-order chi connectivity index (χ1) is 32.9. The zero-order valence-electron chi connectivity index (χ0n) is 35.7. The minimum absolute atomic E-state index is 0.0584. The van der Waals surface area contributed by atoms with E-state index in [2.05, 4.69) is 57.2 Å². The van der Waals surface area contributed by atoms with Crippen LogP contribution in [-0.4, -0.2) is 62.6 Å². The number of esters is 1. The van der Waals surface area contributed by atoms with E-state index in [9.17, 15) is 14.4 Å². The fourth-order valence-electron chi connectivity index (χ4n) is 8.29. The molecule has 12 nitrogen and oxygen atoms in total. The Hall–Kier alpha value is -7.46. The molecule has 1 saturated heterocycles. The summed E-state index contributed by atoms with van der Waals surface area (Å²) in [6.07, 6.45) is -0.776. The number of carbonyl (C=O) groups is 3. The smallest absolute Gasteiger partial charge is 0.356 e. The Morgan fingerprint density at radius 3 is 1.90 bits per heavy atom. The number of aromatic nitrogens is 2. The number of ether oxygens (including phenoxy) is 1. The third kappa shape index (κ3) is 8.60. The maximum absolute atomic E-state index is 14.7. The molecule has 0 bridgehead atoms. The van der Waals surface area contributed by atoms with E-state index in [1.807, 2.05) is 140 Å². The summed E-state index contributed by atoms with van der Waals surface area (Å²) in [4.78, 5) is 60.0. The molecule has 1 unspecified atom stereocenters. The van der Waals surface area contributed by atoms with Gasteiger partial charge in [0, 0.05) is 16.0 Å². The molecule has 0 spiro atoms. The van der Waals surface area contributed by atoms with Gasteiger partial charge in [-0.25, -0.2) is 14.8 Å². The highest BCUT2D eigenvalue weighted by atomic mass is 32.2. The van der Waals surface area contributed by atoms with E-state index >= 15 is 0 Å². The lowest BCUT2D eigenvalue weighted by molar-refractivity contribution is -0.154. The van der Waals surface area contributed by atoms with Crippen LogP contribution in [0, 0.1) is 0 Å². The van der Waals surface area contributed by atoms with Gasteiger partial charge < -0.3 is 24.6 Å². The highest BCUT2D eigenvalue weighted by Crippen LogP contribution is 2.47. The van der Waals surface area contributed by atoms with E-state index in [0.29, 0.717) is 32.1 Å². The molecule has 1 fully saturated rings. The Balaban J connectivity index is 0.934. The first kappa shape index (κ1) is 43.4. The number of carbonyl (C=O) groups excluding carboxylic acids is 3. The molecule has 6 aromatic carbocycles. The summed E-state index contributed by atoms with van der Waals surface area (Å²) in [5, 5.41) is 12.6. The van der Waals surface area contributed by atoms with Crippen LogP contribution in [-0.2, 0) is 29.5 Å². The summed E-state index contributed by atoms with van der Waals surface area (Å²) in [7, 11) is 1.34. The molecule has 0 saturated carbocycles. The van der Waals surface area contributed by atoms with Crippen LogP contribution < -0.4 is 10.6 Å². The predicted octanol–water partition coefficient (Wildman–Crippen LogP) is 9.78. The summed E-state index contributed by atoms with van der Waals surface area (Å²) in [5.41, 5.74) is 5.01. The molecule has 2 N–H and O–H groups in total. The Labute approximate surface area is 398 Å². The largest absolute Gasteiger partial charge is 0.448 e. The van der Waals surface area contributed by atoms with Gasteiger partial charge >= 0.3 is 5.97 Å². The number of β-lactam (4-membered cyclic amide) rings is 1. The quantitative estimate of drug-likeness (QED) is 0.0333. The number of fused-ring (bicyclic) bond motifs is 2. The zero-order valence-corrected chi connectivity index (χ0v) is 38.2. The second-order valence-corrected chi connectivity index (χ2v) is 18.4. The lowest BCUT2D eigenvalue weighted by Gasteiger charge is -2.49. The molecule has 10 rings (SSSR count).